The maximum Gasteiger partial charge on any atom is 0.307 e. The van der Waals surface area contributed by atoms with Gasteiger partial charge < -0.3 is 9.64 Å². The lowest BCUT2D eigenvalue weighted by Gasteiger charge is -2.22. The lowest BCUT2D eigenvalue weighted by atomic mass is 10.2. The smallest absolute Gasteiger partial charge is 0.307 e. The summed E-state index contributed by atoms with van der Waals surface area (Å²) in [5.41, 5.74) is 0.900. The van der Waals surface area contributed by atoms with E-state index in [1.54, 1.807) is 24.3 Å². The van der Waals surface area contributed by atoms with Gasteiger partial charge in [-0.1, -0.05) is 6.92 Å². The highest BCUT2D eigenvalue weighted by Gasteiger charge is 2.14. The van der Waals surface area contributed by atoms with Crippen LogP contribution >= 0.6 is 0 Å². The topological polar surface area (TPSA) is 63.7 Å². The van der Waals surface area contributed by atoms with Gasteiger partial charge in [-0.05, 0) is 37.6 Å². The van der Waals surface area contributed by atoms with Crippen molar-refractivity contribution >= 4 is 21.5 Å². The van der Waals surface area contributed by atoms with Crippen molar-refractivity contribution in [3.05, 3.63) is 24.3 Å². The zero-order valence-electron chi connectivity index (χ0n) is 12.8. The molecule has 5 nitrogen and oxygen atoms in total. The minimum Gasteiger partial charge on any atom is -0.469 e. The predicted molar refractivity (Wildman–Crippen MR) is 83.3 cm³/mol. The summed E-state index contributed by atoms with van der Waals surface area (Å²) < 4.78 is 28.6. The Balaban J connectivity index is 2.82. The van der Waals surface area contributed by atoms with Crippen molar-refractivity contribution in [3.63, 3.8) is 0 Å². The number of hydrogen-bond acceptors (Lipinski definition) is 5. The molecule has 21 heavy (non-hydrogen) atoms. The first-order chi connectivity index (χ1) is 9.94. The summed E-state index contributed by atoms with van der Waals surface area (Å²) in [6, 6.07) is 6.81. The van der Waals surface area contributed by atoms with Crippen LogP contribution in [0.2, 0.25) is 0 Å². The molecule has 0 unspecified atom stereocenters. The Labute approximate surface area is 126 Å². The molecule has 0 aliphatic carbocycles. The van der Waals surface area contributed by atoms with Gasteiger partial charge in [-0.25, -0.2) is 8.42 Å². The first-order valence-electron chi connectivity index (χ1n) is 7.09. The molecule has 6 heteroatoms. The quantitative estimate of drug-likeness (QED) is 0.689. The third-order valence-electron chi connectivity index (χ3n) is 3.23. The SMILES string of the molecule is CCCS(=O)(=O)c1ccc(N(CC)CCC(=O)OC)cc1. The minimum atomic E-state index is -3.18. The Bertz CT molecular complexity index is 552. The number of methoxy groups -OCH3 is 1. The highest BCUT2D eigenvalue weighted by atomic mass is 32.2. The van der Waals surface area contributed by atoms with Gasteiger partial charge in [0.1, 0.15) is 0 Å². The van der Waals surface area contributed by atoms with Gasteiger partial charge >= 0.3 is 5.97 Å². The Morgan fingerprint density at radius 3 is 2.29 bits per heavy atom. The Morgan fingerprint density at radius 2 is 1.81 bits per heavy atom. The summed E-state index contributed by atoms with van der Waals surface area (Å²) in [5.74, 6) is -0.0952. The van der Waals surface area contributed by atoms with Crippen molar-refractivity contribution in [1.29, 1.82) is 0 Å². The highest BCUT2D eigenvalue weighted by molar-refractivity contribution is 7.91. The van der Waals surface area contributed by atoms with Crippen molar-refractivity contribution in [1.82, 2.24) is 0 Å². The van der Waals surface area contributed by atoms with E-state index in [0.717, 1.165) is 12.2 Å². The molecule has 0 aromatic heterocycles. The van der Waals surface area contributed by atoms with Crippen LogP contribution in [-0.2, 0) is 19.4 Å². The number of esters is 1. The van der Waals surface area contributed by atoms with Crippen LogP contribution in [-0.4, -0.2) is 40.3 Å². The minimum absolute atomic E-state index is 0.159. The molecule has 0 amide bonds. The predicted octanol–water partition coefficient (Wildman–Crippen LogP) is 2.26. The van der Waals surface area contributed by atoms with Crippen molar-refractivity contribution in [3.8, 4) is 0 Å². The average molecular weight is 313 g/mol. The van der Waals surface area contributed by atoms with Crippen molar-refractivity contribution in [2.75, 3.05) is 30.9 Å². The third kappa shape index (κ3) is 5.04. The number of benzene rings is 1. The normalized spacial score (nSPS) is 11.2. The van der Waals surface area contributed by atoms with E-state index in [4.69, 9.17) is 0 Å². The second-order valence-corrected chi connectivity index (χ2v) is 6.83. The van der Waals surface area contributed by atoms with Crippen molar-refractivity contribution in [2.24, 2.45) is 0 Å². The van der Waals surface area contributed by atoms with Crippen molar-refractivity contribution < 1.29 is 17.9 Å². The van der Waals surface area contributed by atoms with E-state index in [9.17, 15) is 13.2 Å². The molecule has 0 aliphatic heterocycles. The van der Waals surface area contributed by atoms with Gasteiger partial charge in [-0.3, -0.25) is 4.79 Å². The molecule has 0 fully saturated rings. The molecule has 0 bridgehead atoms. The van der Waals surface area contributed by atoms with Gasteiger partial charge in [-0.2, -0.15) is 0 Å². The number of nitrogens with zero attached hydrogens (tertiary/aromatic N) is 1. The average Bonchev–Trinajstić information content (AvgIpc) is 2.48. The molecule has 0 heterocycles. The Morgan fingerprint density at radius 1 is 1.19 bits per heavy atom. The molecule has 0 atom stereocenters. The molecule has 1 aromatic rings. The molecular formula is C15H23NO4S. The Hall–Kier alpha value is -1.56. The van der Waals surface area contributed by atoms with Crippen LogP contribution in [0.3, 0.4) is 0 Å². The second-order valence-electron chi connectivity index (χ2n) is 4.72. The molecule has 0 aliphatic rings. The van der Waals surface area contributed by atoms with Gasteiger partial charge in [0.2, 0.25) is 0 Å². The van der Waals surface area contributed by atoms with Crippen LogP contribution in [0.25, 0.3) is 0 Å². The van der Waals surface area contributed by atoms with Gasteiger partial charge in [0.05, 0.1) is 24.2 Å². The standard InChI is InChI=1S/C15H23NO4S/c1-4-12-21(18,19)14-8-6-13(7-9-14)16(5-2)11-10-15(17)20-3/h6-9H,4-5,10-12H2,1-3H3. The van der Waals surface area contributed by atoms with E-state index < -0.39 is 9.84 Å². The maximum atomic E-state index is 12.0. The molecule has 118 valence electrons. The number of ether oxygens (including phenoxy) is 1. The summed E-state index contributed by atoms with van der Waals surface area (Å²) in [5, 5.41) is 0. The summed E-state index contributed by atoms with van der Waals surface area (Å²) >= 11 is 0. The fraction of sp³-hybridized carbons (Fsp3) is 0.533. The molecule has 1 rings (SSSR count). The maximum absolute atomic E-state index is 12.0. The van der Waals surface area contributed by atoms with E-state index in [-0.39, 0.29) is 11.7 Å². The Kier molecular flexibility index (Phi) is 6.68. The van der Waals surface area contributed by atoms with E-state index in [2.05, 4.69) is 4.74 Å². The molecule has 0 spiro atoms. The van der Waals surface area contributed by atoms with Gasteiger partial charge in [0.25, 0.3) is 0 Å². The molecule has 0 radical (unpaired) electrons. The third-order valence-corrected chi connectivity index (χ3v) is 5.17. The van der Waals surface area contributed by atoms with Crippen LogP contribution < -0.4 is 4.90 Å². The number of sulfone groups is 1. The number of carbonyl (C=O) groups excluding carboxylic acids is 1. The first kappa shape index (κ1) is 17.5. The summed E-state index contributed by atoms with van der Waals surface area (Å²) in [6.07, 6.45) is 0.907. The van der Waals surface area contributed by atoms with Crippen LogP contribution in [0.1, 0.15) is 26.7 Å². The summed E-state index contributed by atoms with van der Waals surface area (Å²) in [6.45, 7) is 5.11. The highest BCUT2D eigenvalue weighted by Crippen LogP contribution is 2.19. The lowest BCUT2D eigenvalue weighted by Crippen LogP contribution is -2.26. The zero-order chi connectivity index (χ0) is 15.9. The zero-order valence-corrected chi connectivity index (χ0v) is 13.6. The molecule has 0 N–H and O–H groups in total. The van der Waals surface area contributed by atoms with Crippen LogP contribution in [0.4, 0.5) is 5.69 Å². The molecule has 0 saturated carbocycles. The second kappa shape index (κ2) is 8.02. The van der Waals surface area contributed by atoms with E-state index in [1.165, 1.54) is 7.11 Å². The van der Waals surface area contributed by atoms with Gasteiger partial charge in [0.15, 0.2) is 9.84 Å². The van der Waals surface area contributed by atoms with Gasteiger partial charge in [0, 0.05) is 18.8 Å². The van der Waals surface area contributed by atoms with E-state index >= 15 is 0 Å². The fourth-order valence-corrected chi connectivity index (χ4v) is 3.37. The van der Waals surface area contributed by atoms with Crippen LogP contribution in [0.5, 0.6) is 0 Å². The lowest BCUT2D eigenvalue weighted by molar-refractivity contribution is -0.140. The van der Waals surface area contributed by atoms with Crippen molar-refractivity contribution in [2.45, 2.75) is 31.6 Å². The summed E-state index contributed by atoms with van der Waals surface area (Å²) in [7, 11) is -1.81. The van der Waals surface area contributed by atoms with Crippen LogP contribution in [0, 0.1) is 0 Å². The number of hydrogen-bond donors (Lipinski definition) is 0. The molecule has 1 aromatic carbocycles. The van der Waals surface area contributed by atoms with E-state index in [0.29, 0.717) is 24.3 Å². The number of rotatable bonds is 8. The summed E-state index contributed by atoms with van der Waals surface area (Å²) in [4.78, 5) is 13.5. The van der Waals surface area contributed by atoms with E-state index in [1.807, 2.05) is 18.7 Å². The monoisotopic (exact) mass is 313 g/mol. The molecular weight excluding hydrogens is 290 g/mol. The molecule has 0 saturated heterocycles. The fourth-order valence-electron chi connectivity index (χ4n) is 2.05. The first-order valence-corrected chi connectivity index (χ1v) is 8.74. The largest absolute Gasteiger partial charge is 0.469 e. The number of carbonyl (C=O) groups is 1. The number of anilines is 1. The van der Waals surface area contributed by atoms with Crippen LogP contribution in [0.15, 0.2) is 29.2 Å². The van der Waals surface area contributed by atoms with Gasteiger partial charge in [-0.15, -0.1) is 0 Å².